The predicted octanol–water partition coefficient (Wildman–Crippen LogP) is 5.34. The van der Waals surface area contributed by atoms with E-state index in [9.17, 15) is 4.79 Å². The number of hydrogen-bond donors (Lipinski definition) is 1. The molecule has 0 heterocycles. The fraction of sp³-hybridized carbons (Fsp3) is 0.238. The highest BCUT2D eigenvalue weighted by Crippen LogP contribution is 2.34. The van der Waals surface area contributed by atoms with Gasteiger partial charge in [-0.2, -0.15) is 5.10 Å². The van der Waals surface area contributed by atoms with Crippen molar-refractivity contribution in [1.29, 1.82) is 0 Å². The quantitative estimate of drug-likeness (QED) is 0.258. The molecule has 1 amide bonds. The van der Waals surface area contributed by atoms with E-state index in [-0.39, 0.29) is 5.91 Å². The maximum absolute atomic E-state index is 12.4. The summed E-state index contributed by atoms with van der Waals surface area (Å²) in [5.41, 5.74) is 3.70. The molecular formula is C21H22Br2N2O4. The van der Waals surface area contributed by atoms with Gasteiger partial charge in [-0.3, -0.25) is 4.79 Å². The van der Waals surface area contributed by atoms with Crippen molar-refractivity contribution in [2.75, 3.05) is 20.3 Å². The fourth-order valence-electron chi connectivity index (χ4n) is 2.30. The Morgan fingerprint density at radius 3 is 2.52 bits per heavy atom. The van der Waals surface area contributed by atoms with Crippen LogP contribution in [0.3, 0.4) is 0 Å². The summed E-state index contributed by atoms with van der Waals surface area (Å²) in [6, 6.07) is 8.67. The van der Waals surface area contributed by atoms with Crippen molar-refractivity contribution in [1.82, 2.24) is 5.43 Å². The molecule has 0 saturated heterocycles. The molecular weight excluding hydrogens is 504 g/mol. The number of carbonyl (C=O) groups excluding carboxylic acids is 1. The molecule has 0 aliphatic rings. The lowest BCUT2D eigenvalue weighted by Gasteiger charge is -2.11. The van der Waals surface area contributed by atoms with Gasteiger partial charge in [-0.1, -0.05) is 19.6 Å². The summed E-state index contributed by atoms with van der Waals surface area (Å²) in [4.78, 5) is 12.4. The molecule has 8 heteroatoms. The van der Waals surface area contributed by atoms with Crippen LogP contribution in [-0.2, 0) is 0 Å². The third-order valence-corrected chi connectivity index (χ3v) is 4.81. The highest BCUT2D eigenvalue weighted by Gasteiger charge is 2.11. The van der Waals surface area contributed by atoms with Crippen LogP contribution in [0.1, 0.15) is 29.3 Å². The van der Waals surface area contributed by atoms with Gasteiger partial charge in [-0.15, -0.1) is 0 Å². The lowest BCUT2D eigenvalue weighted by Crippen LogP contribution is -2.17. The minimum absolute atomic E-state index is 0.356. The Labute approximate surface area is 187 Å². The summed E-state index contributed by atoms with van der Waals surface area (Å²) in [6.45, 7) is 6.62. The third-order valence-electron chi connectivity index (χ3n) is 3.63. The molecule has 29 heavy (non-hydrogen) atoms. The fourth-order valence-corrected chi connectivity index (χ4v) is 3.76. The number of ether oxygens (including phenoxy) is 3. The number of amides is 1. The number of nitrogens with one attached hydrogen (secondary N) is 1. The molecule has 0 aliphatic carbocycles. The molecule has 2 aromatic rings. The first-order chi connectivity index (χ1) is 14.0. The zero-order chi connectivity index (χ0) is 21.2. The molecule has 0 bridgehead atoms. The van der Waals surface area contributed by atoms with E-state index in [2.05, 4.69) is 49.0 Å². The van der Waals surface area contributed by atoms with Gasteiger partial charge in [0.1, 0.15) is 12.4 Å². The van der Waals surface area contributed by atoms with Crippen molar-refractivity contribution in [2.24, 2.45) is 5.10 Å². The van der Waals surface area contributed by atoms with Crippen LogP contribution in [0.15, 0.2) is 57.0 Å². The standard InChI is InChI=1S/C21H22Br2N2O4/c1-4-8-28-18-7-6-15(12-19(18)27-3)21(26)25-24-13-14-10-16(22)20(17(23)11-14)29-9-5-2/h5-7,10-13H,2,4,8-9H2,1,3H3,(H,25,26)/b24-13+. The van der Waals surface area contributed by atoms with Crippen LogP contribution in [0.2, 0.25) is 0 Å². The Morgan fingerprint density at radius 2 is 1.90 bits per heavy atom. The summed E-state index contributed by atoms with van der Waals surface area (Å²) in [5.74, 6) is 1.41. The smallest absolute Gasteiger partial charge is 0.271 e. The van der Waals surface area contributed by atoms with Crippen molar-refractivity contribution >= 4 is 44.0 Å². The van der Waals surface area contributed by atoms with Crippen LogP contribution in [0.4, 0.5) is 0 Å². The van der Waals surface area contributed by atoms with Gasteiger partial charge in [-0.25, -0.2) is 5.43 Å². The molecule has 6 nitrogen and oxygen atoms in total. The SMILES string of the molecule is C=CCOc1c(Br)cc(/C=N/NC(=O)c2ccc(OCCC)c(OC)c2)cc1Br. The normalized spacial score (nSPS) is 10.6. The zero-order valence-electron chi connectivity index (χ0n) is 16.2. The first-order valence-electron chi connectivity index (χ1n) is 8.87. The second kappa shape index (κ2) is 11.6. The second-order valence-electron chi connectivity index (χ2n) is 5.83. The number of hydrazone groups is 1. The van der Waals surface area contributed by atoms with Gasteiger partial charge in [0.25, 0.3) is 5.91 Å². The van der Waals surface area contributed by atoms with Gasteiger partial charge in [0.2, 0.25) is 0 Å². The number of nitrogens with zero attached hydrogens (tertiary/aromatic N) is 1. The highest BCUT2D eigenvalue weighted by atomic mass is 79.9. The van der Waals surface area contributed by atoms with E-state index in [1.54, 1.807) is 30.5 Å². The molecule has 2 rings (SSSR count). The number of methoxy groups -OCH3 is 1. The van der Waals surface area contributed by atoms with Crippen molar-refractivity contribution in [2.45, 2.75) is 13.3 Å². The topological polar surface area (TPSA) is 69.2 Å². The Morgan fingerprint density at radius 1 is 1.17 bits per heavy atom. The van der Waals surface area contributed by atoms with Gasteiger partial charge in [0.15, 0.2) is 11.5 Å². The number of hydrogen-bond acceptors (Lipinski definition) is 5. The van der Waals surface area contributed by atoms with E-state index in [4.69, 9.17) is 14.2 Å². The van der Waals surface area contributed by atoms with Crippen molar-refractivity contribution < 1.29 is 19.0 Å². The van der Waals surface area contributed by atoms with Gasteiger partial charge < -0.3 is 14.2 Å². The van der Waals surface area contributed by atoms with E-state index in [1.807, 2.05) is 19.1 Å². The summed E-state index contributed by atoms with van der Waals surface area (Å²) in [6.07, 6.45) is 4.09. The number of carbonyl (C=O) groups is 1. The Hall–Kier alpha value is -2.32. The maximum atomic E-state index is 12.4. The van der Waals surface area contributed by atoms with Gasteiger partial charge >= 0.3 is 0 Å². The average Bonchev–Trinajstić information content (AvgIpc) is 2.71. The van der Waals surface area contributed by atoms with Crippen molar-refractivity contribution in [3.05, 3.63) is 63.1 Å². The third kappa shape index (κ3) is 6.61. The monoisotopic (exact) mass is 524 g/mol. The highest BCUT2D eigenvalue weighted by molar-refractivity contribution is 9.11. The molecule has 0 radical (unpaired) electrons. The first-order valence-corrected chi connectivity index (χ1v) is 10.5. The minimum Gasteiger partial charge on any atom is -0.493 e. The molecule has 0 aromatic heterocycles. The van der Waals surface area contributed by atoms with Crippen LogP contribution >= 0.6 is 31.9 Å². The molecule has 0 aliphatic heterocycles. The van der Waals surface area contributed by atoms with Crippen LogP contribution < -0.4 is 19.6 Å². The minimum atomic E-state index is -0.356. The second-order valence-corrected chi connectivity index (χ2v) is 7.54. The molecule has 0 unspecified atom stereocenters. The molecule has 0 atom stereocenters. The van der Waals surface area contributed by atoms with E-state index < -0.39 is 0 Å². The maximum Gasteiger partial charge on any atom is 0.271 e. The average molecular weight is 526 g/mol. The number of halogens is 2. The summed E-state index contributed by atoms with van der Waals surface area (Å²) < 4.78 is 18.0. The molecule has 154 valence electrons. The Kier molecular flexibility index (Phi) is 9.21. The first kappa shape index (κ1) is 23.0. The predicted molar refractivity (Wildman–Crippen MR) is 121 cm³/mol. The van der Waals surface area contributed by atoms with Crippen LogP contribution in [0.25, 0.3) is 0 Å². The van der Waals surface area contributed by atoms with Crippen molar-refractivity contribution in [3.63, 3.8) is 0 Å². The molecule has 0 saturated carbocycles. The van der Waals surface area contributed by atoms with E-state index in [1.165, 1.54) is 7.11 Å². The van der Waals surface area contributed by atoms with E-state index in [0.29, 0.717) is 36.0 Å². The lowest BCUT2D eigenvalue weighted by atomic mass is 10.2. The van der Waals surface area contributed by atoms with Crippen LogP contribution in [-0.4, -0.2) is 32.4 Å². The number of rotatable bonds is 10. The molecule has 0 fully saturated rings. The molecule has 1 N–H and O–H groups in total. The summed E-state index contributed by atoms with van der Waals surface area (Å²) in [5, 5.41) is 4.02. The molecule has 0 spiro atoms. The summed E-state index contributed by atoms with van der Waals surface area (Å²) in [7, 11) is 1.53. The van der Waals surface area contributed by atoms with Crippen LogP contribution in [0, 0.1) is 0 Å². The van der Waals surface area contributed by atoms with Gasteiger partial charge in [0.05, 0.1) is 28.9 Å². The number of benzene rings is 2. The largest absolute Gasteiger partial charge is 0.493 e. The lowest BCUT2D eigenvalue weighted by molar-refractivity contribution is 0.0954. The summed E-state index contributed by atoms with van der Waals surface area (Å²) >= 11 is 6.92. The van der Waals surface area contributed by atoms with E-state index in [0.717, 1.165) is 20.9 Å². The molecule has 2 aromatic carbocycles. The Bertz CT molecular complexity index is 877. The Balaban J connectivity index is 2.06. The van der Waals surface area contributed by atoms with Gasteiger partial charge in [-0.05, 0) is 74.2 Å². The van der Waals surface area contributed by atoms with Crippen LogP contribution in [0.5, 0.6) is 17.2 Å². The van der Waals surface area contributed by atoms with Crippen molar-refractivity contribution in [3.8, 4) is 17.2 Å². The van der Waals surface area contributed by atoms with Gasteiger partial charge in [0, 0.05) is 5.56 Å². The zero-order valence-corrected chi connectivity index (χ0v) is 19.4. The van der Waals surface area contributed by atoms with E-state index >= 15 is 0 Å².